The number of aromatic nitrogens is 1. The molecule has 112 valence electrons. The smallest absolute Gasteiger partial charge is 0.270 e. The summed E-state index contributed by atoms with van der Waals surface area (Å²) in [5.41, 5.74) is 2.37. The SMILES string of the molecule is CN(Cc1ccc(Cl)cc1Cl)C(=O)c1cc2ccccc2[nH]1. The standard InChI is InChI=1S/C17H14Cl2N2O/c1-21(10-12-6-7-13(18)9-14(12)19)17(22)16-8-11-4-2-3-5-15(11)20-16/h2-9,20H,10H2,1H3. The Morgan fingerprint density at radius 1 is 1.14 bits per heavy atom. The molecule has 0 saturated carbocycles. The highest BCUT2D eigenvalue weighted by atomic mass is 35.5. The summed E-state index contributed by atoms with van der Waals surface area (Å²) in [5.74, 6) is -0.0813. The van der Waals surface area contributed by atoms with E-state index in [4.69, 9.17) is 23.2 Å². The lowest BCUT2D eigenvalue weighted by Gasteiger charge is -2.17. The van der Waals surface area contributed by atoms with Gasteiger partial charge in [0.2, 0.25) is 0 Å². The fourth-order valence-electron chi connectivity index (χ4n) is 2.37. The molecule has 0 bridgehead atoms. The highest BCUT2D eigenvalue weighted by molar-refractivity contribution is 6.35. The number of amides is 1. The normalized spacial score (nSPS) is 10.9. The first-order valence-electron chi connectivity index (χ1n) is 6.82. The van der Waals surface area contributed by atoms with Gasteiger partial charge in [0.15, 0.2) is 0 Å². The fourth-order valence-corrected chi connectivity index (χ4v) is 2.84. The first-order chi connectivity index (χ1) is 10.5. The molecule has 0 fully saturated rings. The van der Waals surface area contributed by atoms with Gasteiger partial charge in [-0.25, -0.2) is 0 Å². The van der Waals surface area contributed by atoms with Crippen LogP contribution in [0.1, 0.15) is 16.1 Å². The van der Waals surface area contributed by atoms with Gasteiger partial charge in [-0.1, -0.05) is 47.5 Å². The van der Waals surface area contributed by atoms with Crippen LogP contribution in [0.2, 0.25) is 10.0 Å². The third-order valence-corrected chi connectivity index (χ3v) is 4.12. The van der Waals surface area contributed by atoms with Gasteiger partial charge in [0.1, 0.15) is 5.69 Å². The summed E-state index contributed by atoms with van der Waals surface area (Å²) in [5, 5.41) is 2.16. The van der Waals surface area contributed by atoms with Crippen molar-refractivity contribution < 1.29 is 4.79 Å². The van der Waals surface area contributed by atoms with Crippen LogP contribution in [0.4, 0.5) is 0 Å². The molecule has 0 aliphatic heterocycles. The predicted molar refractivity (Wildman–Crippen MR) is 90.6 cm³/mol. The molecule has 0 aliphatic rings. The zero-order chi connectivity index (χ0) is 15.7. The molecular weight excluding hydrogens is 319 g/mol. The van der Waals surface area contributed by atoms with Crippen LogP contribution in [-0.4, -0.2) is 22.8 Å². The van der Waals surface area contributed by atoms with Crippen molar-refractivity contribution >= 4 is 40.0 Å². The van der Waals surface area contributed by atoms with E-state index in [1.165, 1.54) is 0 Å². The minimum absolute atomic E-state index is 0.0813. The summed E-state index contributed by atoms with van der Waals surface area (Å²) in [6.45, 7) is 0.421. The van der Waals surface area contributed by atoms with Gasteiger partial charge in [-0.2, -0.15) is 0 Å². The summed E-state index contributed by atoms with van der Waals surface area (Å²) in [6.07, 6.45) is 0. The number of aromatic amines is 1. The predicted octanol–water partition coefficient (Wildman–Crippen LogP) is 4.75. The van der Waals surface area contributed by atoms with Crippen LogP contribution in [-0.2, 0) is 6.54 Å². The molecule has 2 aromatic carbocycles. The Labute approximate surface area is 138 Å². The Balaban J connectivity index is 1.81. The Morgan fingerprint density at radius 2 is 1.91 bits per heavy atom. The number of para-hydroxylation sites is 1. The van der Waals surface area contributed by atoms with Gasteiger partial charge in [0.25, 0.3) is 5.91 Å². The minimum atomic E-state index is -0.0813. The molecule has 3 nitrogen and oxygen atoms in total. The van der Waals surface area contributed by atoms with E-state index in [0.717, 1.165) is 16.5 Å². The van der Waals surface area contributed by atoms with Crippen molar-refractivity contribution in [2.45, 2.75) is 6.54 Å². The third-order valence-electron chi connectivity index (χ3n) is 3.53. The number of nitrogens with zero attached hydrogens (tertiary/aromatic N) is 1. The first-order valence-corrected chi connectivity index (χ1v) is 7.57. The number of carbonyl (C=O) groups is 1. The van der Waals surface area contributed by atoms with Crippen molar-refractivity contribution in [2.24, 2.45) is 0 Å². The van der Waals surface area contributed by atoms with Crippen molar-refractivity contribution in [3.05, 3.63) is 69.8 Å². The van der Waals surface area contributed by atoms with Crippen molar-refractivity contribution in [2.75, 3.05) is 7.05 Å². The molecular formula is C17H14Cl2N2O. The number of carbonyl (C=O) groups excluding carboxylic acids is 1. The number of nitrogens with one attached hydrogen (secondary N) is 1. The molecule has 1 aromatic heterocycles. The Hall–Kier alpha value is -1.97. The van der Waals surface area contributed by atoms with Gasteiger partial charge in [0.05, 0.1) is 0 Å². The maximum atomic E-state index is 12.5. The third kappa shape index (κ3) is 2.96. The maximum Gasteiger partial charge on any atom is 0.270 e. The lowest BCUT2D eigenvalue weighted by Crippen LogP contribution is -2.26. The van der Waals surface area contributed by atoms with E-state index in [2.05, 4.69) is 4.98 Å². The van der Waals surface area contributed by atoms with Gasteiger partial charge >= 0.3 is 0 Å². The number of rotatable bonds is 3. The molecule has 0 unspecified atom stereocenters. The van der Waals surface area contributed by atoms with Gasteiger partial charge in [-0.3, -0.25) is 4.79 Å². The Morgan fingerprint density at radius 3 is 2.64 bits per heavy atom. The molecule has 1 N–H and O–H groups in total. The van der Waals surface area contributed by atoms with E-state index >= 15 is 0 Å². The average molecular weight is 333 g/mol. The molecule has 0 saturated heterocycles. The summed E-state index contributed by atoms with van der Waals surface area (Å²) >= 11 is 12.0. The number of halogens is 2. The van der Waals surface area contributed by atoms with Gasteiger partial charge < -0.3 is 9.88 Å². The lowest BCUT2D eigenvalue weighted by molar-refractivity contribution is 0.0780. The van der Waals surface area contributed by atoms with E-state index in [1.54, 1.807) is 24.1 Å². The molecule has 1 heterocycles. The molecule has 5 heteroatoms. The van der Waals surface area contributed by atoms with Crippen LogP contribution >= 0.6 is 23.2 Å². The number of H-pyrrole nitrogens is 1. The zero-order valence-corrected chi connectivity index (χ0v) is 13.4. The van der Waals surface area contributed by atoms with Crippen LogP contribution in [0.25, 0.3) is 10.9 Å². The largest absolute Gasteiger partial charge is 0.351 e. The second-order valence-corrected chi connectivity index (χ2v) is 6.01. The van der Waals surface area contributed by atoms with Crippen LogP contribution in [0, 0.1) is 0 Å². The van der Waals surface area contributed by atoms with E-state index in [9.17, 15) is 4.79 Å². The topological polar surface area (TPSA) is 36.1 Å². The molecule has 3 rings (SSSR count). The molecule has 3 aromatic rings. The minimum Gasteiger partial charge on any atom is -0.351 e. The van der Waals surface area contributed by atoms with Crippen molar-refractivity contribution in [3.8, 4) is 0 Å². The second-order valence-electron chi connectivity index (χ2n) is 5.17. The van der Waals surface area contributed by atoms with Gasteiger partial charge in [-0.15, -0.1) is 0 Å². The molecule has 22 heavy (non-hydrogen) atoms. The lowest BCUT2D eigenvalue weighted by atomic mass is 10.2. The second kappa shape index (κ2) is 6.03. The van der Waals surface area contributed by atoms with Crippen molar-refractivity contribution in [1.29, 1.82) is 0 Å². The Kier molecular flexibility index (Phi) is 4.10. The summed E-state index contributed by atoms with van der Waals surface area (Å²) < 4.78 is 0. The van der Waals surface area contributed by atoms with E-state index in [1.807, 2.05) is 36.4 Å². The highest BCUT2D eigenvalue weighted by Gasteiger charge is 2.15. The molecule has 0 atom stereocenters. The summed E-state index contributed by atoms with van der Waals surface area (Å²) in [4.78, 5) is 17.3. The molecule has 0 radical (unpaired) electrons. The average Bonchev–Trinajstić information content (AvgIpc) is 2.93. The van der Waals surface area contributed by atoms with Crippen LogP contribution in [0.3, 0.4) is 0 Å². The Bertz CT molecular complexity index is 809. The first kappa shape index (κ1) is 14.9. The van der Waals surface area contributed by atoms with Gasteiger partial charge in [0, 0.05) is 34.5 Å². The summed E-state index contributed by atoms with van der Waals surface area (Å²) in [6, 6.07) is 14.9. The van der Waals surface area contributed by atoms with E-state index in [0.29, 0.717) is 22.3 Å². The molecule has 1 amide bonds. The van der Waals surface area contributed by atoms with Crippen LogP contribution in [0.5, 0.6) is 0 Å². The van der Waals surface area contributed by atoms with Crippen molar-refractivity contribution in [3.63, 3.8) is 0 Å². The zero-order valence-electron chi connectivity index (χ0n) is 11.9. The quantitative estimate of drug-likeness (QED) is 0.738. The molecule has 0 aliphatic carbocycles. The van der Waals surface area contributed by atoms with Crippen LogP contribution < -0.4 is 0 Å². The van der Waals surface area contributed by atoms with E-state index < -0.39 is 0 Å². The van der Waals surface area contributed by atoms with E-state index in [-0.39, 0.29) is 5.91 Å². The number of hydrogen-bond donors (Lipinski definition) is 1. The monoisotopic (exact) mass is 332 g/mol. The maximum absolute atomic E-state index is 12.5. The highest BCUT2D eigenvalue weighted by Crippen LogP contribution is 2.23. The summed E-state index contributed by atoms with van der Waals surface area (Å²) in [7, 11) is 1.75. The van der Waals surface area contributed by atoms with Crippen LogP contribution in [0.15, 0.2) is 48.5 Å². The van der Waals surface area contributed by atoms with Gasteiger partial charge in [-0.05, 0) is 29.8 Å². The number of fused-ring (bicyclic) bond motifs is 1. The van der Waals surface area contributed by atoms with Crippen molar-refractivity contribution in [1.82, 2.24) is 9.88 Å². The number of hydrogen-bond acceptors (Lipinski definition) is 1. The fraction of sp³-hybridized carbons (Fsp3) is 0.118. The number of benzene rings is 2. The molecule has 0 spiro atoms.